The molecular formula is C20H16ClN3O2S. The van der Waals surface area contributed by atoms with E-state index in [2.05, 4.69) is 10.3 Å². The van der Waals surface area contributed by atoms with Crippen LogP contribution in [0, 0.1) is 13.8 Å². The first-order valence-electron chi connectivity index (χ1n) is 8.39. The molecule has 1 amide bonds. The topological polar surface area (TPSA) is 64.0 Å². The van der Waals surface area contributed by atoms with E-state index in [4.69, 9.17) is 11.6 Å². The van der Waals surface area contributed by atoms with Crippen LogP contribution in [0.2, 0.25) is 5.02 Å². The van der Waals surface area contributed by atoms with E-state index in [9.17, 15) is 9.59 Å². The van der Waals surface area contributed by atoms with E-state index in [1.54, 1.807) is 19.1 Å². The average Bonchev–Trinajstić information content (AvgIpc) is 3.00. The van der Waals surface area contributed by atoms with Gasteiger partial charge in [0.25, 0.3) is 5.56 Å². The Morgan fingerprint density at radius 3 is 2.78 bits per heavy atom. The Labute approximate surface area is 164 Å². The molecule has 2 aromatic heterocycles. The van der Waals surface area contributed by atoms with Gasteiger partial charge in [-0.15, -0.1) is 11.3 Å². The summed E-state index contributed by atoms with van der Waals surface area (Å²) in [4.78, 5) is 30.0. The maximum absolute atomic E-state index is 12.9. The molecule has 0 spiro atoms. The van der Waals surface area contributed by atoms with Gasteiger partial charge in [-0.3, -0.25) is 14.2 Å². The van der Waals surface area contributed by atoms with Crippen LogP contribution in [-0.2, 0) is 11.3 Å². The highest BCUT2D eigenvalue weighted by Crippen LogP contribution is 2.30. The summed E-state index contributed by atoms with van der Waals surface area (Å²) in [5.41, 5.74) is 2.01. The van der Waals surface area contributed by atoms with Gasteiger partial charge in [-0.2, -0.15) is 0 Å². The maximum Gasteiger partial charge on any atom is 0.272 e. The van der Waals surface area contributed by atoms with Gasteiger partial charge >= 0.3 is 0 Å². The highest BCUT2D eigenvalue weighted by Gasteiger charge is 2.16. The van der Waals surface area contributed by atoms with Crippen molar-refractivity contribution in [3.8, 4) is 0 Å². The van der Waals surface area contributed by atoms with E-state index in [0.717, 1.165) is 15.6 Å². The summed E-state index contributed by atoms with van der Waals surface area (Å²) in [6.07, 6.45) is 0. The molecule has 5 nitrogen and oxygen atoms in total. The Morgan fingerprint density at radius 2 is 2.00 bits per heavy atom. The third-order valence-corrected chi connectivity index (χ3v) is 5.83. The minimum absolute atomic E-state index is 0.119. The van der Waals surface area contributed by atoms with E-state index < -0.39 is 0 Å². The Hall–Kier alpha value is -2.70. The van der Waals surface area contributed by atoms with E-state index in [0.29, 0.717) is 26.8 Å². The second-order valence-electron chi connectivity index (χ2n) is 6.36. The van der Waals surface area contributed by atoms with Crippen LogP contribution in [0.5, 0.6) is 0 Å². The van der Waals surface area contributed by atoms with Crippen molar-refractivity contribution in [1.29, 1.82) is 0 Å². The van der Waals surface area contributed by atoms with Crippen LogP contribution < -0.4 is 10.9 Å². The fourth-order valence-corrected chi connectivity index (χ4v) is 4.39. The zero-order valence-corrected chi connectivity index (χ0v) is 16.3. The predicted molar refractivity (Wildman–Crippen MR) is 111 cm³/mol. The number of carbonyl (C=O) groups excluding carboxylic acids is 1. The molecule has 0 fully saturated rings. The van der Waals surface area contributed by atoms with Gasteiger partial charge in [0.2, 0.25) is 5.91 Å². The molecule has 0 radical (unpaired) electrons. The van der Waals surface area contributed by atoms with E-state index in [-0.39, 0.29) is 18.0 Å². The zero-order valence-electron chi connectivity index (χ0n) is 14.7. The molecule has 27 heavy (non-hydrogen) atoms. The number of thiophene rings is 1. The first-order valence-corrected chi connectivity index (χ1v) is 9.58. The number of aryl methyl sites for hydroxylation is 2. The largest absolute Gasteiger partial charge is 0.323 e. The first kappa shape index (κ1) is 17.7. The number of benzene rings is 2. The summed E-state index contributed by atoms with van der Waals surface area (Å²) >= 11 is 7.57. The molecule has 4 rings (SSSR count). The molecule has 0 aliphatic heterocycles. The molecule has 0 bridgehead atoms. The third kappa shape index (κ3) is 3.22. The van der Waals surface area contributed by atoms with Crippen LogP contribution in [0.4, 0.5) is 5.69 Å². The third-order valence-electron chi connectivity index (χ3n) is 4.37. The van der Waals surface area contributed by atoms with Gasteiger partial charge in [-0.1, -0.05) is 35.9 Å². The van der Waals surface area contributed by atoms with Crippen molar-refractivity contribution in [1.82, 2.24) is 9.55 Å². The van der Waals surface area contributed by atoms with Crippen LogP contribution in [0.1, 0.15) is 11.4 Å². The average molecular weight is 398 g/mol. The molecule has 136 valence electrons. The van der Waals surface area contributed by atoms with Gasteiger partial charge in [0.15, 0.2) is 0 Å². The normalized spacial score (nSPS) is 11.2. The lowest BCUT2D eigenvalue weighted by Gasteiger charge is -2.11. The highest BCUT2D eigenvalue weighted by molar-refractivity contribution is 7.25. The number of amides is 1. The smallest absolute Gasteiger partial charge is 0.272 e. The number of nitrogens with one attached hydrogen (secondary N) is 1. The maximum atomic E-state index is 12.9. The fraction of sp³-hybridized carbons (Fsp3) is 0.150. The van der Waals surface area contributed by atoms with Crippen molar-refractivity contribution < 1.29 is 4.79 Å². The number of anilines is 1. The van der Waals surface area contributed by atoms with Crippen LogP contribution >= 0.6 is 22.9 Å². The van der Waals surface area contributed by atoms with Crippen LogP contribution in [0.3, 0.4) is 0 Å². The standard InChI is InChI=1S/C20H16ClN3O2S/c1-11-7-8-15(14(21)9-11)23-17(25)10-24-12(2)22-18-13-5-3-4-6-16(13)27-19(18)20(24)26/h3-9H,10H2,1-2H3,(H,23,25). The molecule has 0 saturated carbocycles. The lowest BCUT2D eigenvalue weighted by Crippen LogP contribution is -2.29. The number of hydrogen-bond acceptors (Lipinski definition) is 4. The van der Waals surface area contributed by atoms with Gasteiger partial charge in [0, 0.05) is 10.1 Å². The van der Waals surface area contributed by atoms with Crippen molar-refractivity contribution in [2.45, 2.75) is 20.4 Å². The van der Waals surface area contributed by atoms with Gasteiger partial charge in [-0.25, -0.2) is 4.98 Å². The van der Waals surface area contributed by atoms with Crippen molar-refractivity contribution in [3.63, 3.8) is 0 Å². The predicted octanol–water partition coefficient (Wildman–Crippen LogP) is 4.52. The number of rotatable bonds is 3. The number of hydrogen-bond donors (Lipinski definition) is 1. The van der Waals surface area contributed by atoms with Crippen LogP contribution in [-0.4, -0.2) is 15.5 Å². The quantitative estimate of drug-likeness (QED) is 0.552. The molecule has 2 aromatic carbocycles. The molecule has 0 aliphatic carbocycles. The molecule has 0 aliphatic rings. The summed E-state index contributed by atoms with van der Waals surface area (Å²) < 4.78 is 2.96. The first-order chi connectivity index (χ1) is 12.9. The molecule has 4 aromatic rings. The second kappa shape index (κ2) is 6.79. The van der Waals surface area contributed by atoms with Crippen LogP contribution in [0.25, 0.3) is 20.3 Å². The molecule has 0 atom stereocenters. The lowest BCUT2D eigenvalue weighted by atomic mass is 10.2. The summed E-state index contributed by atoms with van der Waals surface area (Å²) in [7, 11) is 0. The van der Waals surface area contributed by atoms with Crippen molar-refractivity contribution in [2.24, 2.45) is 0 Å². The van der Waals surface area contributed by atoms with Gasteiger partial charge < -0.3 is 5.32 Å². The minimum atomic E-state index is -0.326. The Morgan fingerprint density at radius 1 is 1.22 bits per heavy atom. The van der Waals surface area contributed by atoms with Crippen LogP contribution in [0.15, 0.2) is 47.3 Å². The number of carbonyl (C=O) groups is 1. The number of aromatic nitrogens is 2. The zero-order chi connectivity index (χ0) is 19.1. The monoisotopic (exact) mass is 397 g/mol. The van der Waals surface area contributed by atoms with Gasteiger partial charge in [0.1, 0.15) is 17.1 Å². The SMILES string of the molecule is Cc1ccc(NC(=O)Cn2c(C)nc3c(sc4ccccc43)c2=O)c(Cl)c1. The second-order valence-corrected chi connectivity index (χ2v) is 7.82. The van der Waals surface area contributed by atoms with Crippen molar-refractivity contribution in [2.75, 3.05) is 5.32 Å². The van der Waals surface area contributed by atoms with E-state index in [1.807, 2.05) is 37.3 Å². The van der Waals surface area contributed by atoms with Crippen molar-refractivity contribution >= 4 is 54.8 Å². The summed E-state index contributed by atoms with van der Waals surface area (Å²) in [5.74, 6) is 0.175. The summed E-state index contributed by atoms with van der Waals surface area (Å²) in [6.45, 7) is 3.54. The van der Waals surface area contributed by atoms with E-state index >= 15 is 0 Å². The number of nitrogens with zero attached hydrogens (tertiary/aromatic N) is 2. The van der Waals surface area contributed by atoms with Gasteiger partial charge in [-0.05, 0) is 37.6 Å². The molecular weight excluding hydrogens is 382 g/mol. The molecule has 0 unspecified atom stereocenters. The number of fused-ring (bicyclic) bond motifs is 3. The summed E-state index contributed by atoms with van der Waals surface area (Å²) in [5, 5.41) is 4.18. The number of halogens is 1. The molecule has 1 N–H and O–H groups in total. The Kier molecular flexibility index (Phi) is 4.45. The Bertz CT molecular complexity index is 1260. The lowest BCUT2D eigenvalue weighted by molar-refractivity contribution is -0.116. The summed E-state index contributed by atoms with van der Waals surface area (Å²) in [6, 6.07) is 13.2. The fourth-order valence-electron chi connectivity index (χ4n) is 3.02. The molecule has 0 saturated heterocycles. The molecule has 7 heteroatoms. The van der Waals surface area contributed by atoms with Gasteiger partial charge in [0.05, 0.1) is 16.2 Å². The van der Waals surface area contributed by atoms with Crippen molar-refractivity contribution in [3.05, 3.63) is 69.2 Å². The van der Waals surface area contributed by atoms with E-state index in [1.165, 1.54) is 15.9 Å². The Balaban J connectivity index is 1.70. The minimum Gasteiger partial charge on any atom is -0.323 e. The molecule has 2 heterocycles. The highest BCUT2D eigenvalue weighted by atomic mass is 35.5.